The second-order valence-electron chi connectivity index (χ2n) is 8.63. The number of hydrogen-bond acceptors (Lipinski definition) is 6. The summed E-state index contributed by atoms with van der Waals surface area (Å²) in [7, 11) is 1.64. The minimum Gasteiger partial charge on any atom is -0.496 e. The molecule has 184 valence electrons. The number of hydrogen-bond donors (Lipinski definition) is 1. The van der Waals surface area contributed by atoms with Crippen LogP contribution in [0, 0.1) is 6.92 Å². The number of methoxy groups -OCH3 is 1. The fourth-order valence-electron chi connectivity index (χ4n) is 3.93. The third kappa shape index (κ3) is 5.12. The van der Waals surface area contributed by atoms with E-state index in [1.165, 1.54) is 10.9 Å². The molecule has 8 heteroatoms. The predicted octanol–water partition coefficient (Wildman–Crippen LogP) is 4.85. The Bertz CT molecular complexity index is 1520. The molecule has 8 nitrogen and oxygen atoms in total. The number of fused-ring (bicyclic) bond motifs is 1. The number of carbonyl (C=O) groups is 1. The molecule has 0 atom stereocenters. The van der Waals surface area contributed by atoms with E-state index in [2.05, 4.69) is 18.9 Å². The van der Waals surface area contributed by atoms with Crippen LogP contribution in [-0.4, -0.2) is 40.7 Å². The highest BCUT2D eigenvalue weighted by Gasteiger charge is 2.18. The van der Waals surface area contributed by atoms with Gasteiger partial charge in [-0.1, -0.05) is 38.1 Å². The molecule has 0 saturated heterocycles. The van der Waals surface area contributed by atoms with E-state index in [0.717, 1.165) is 22.4 Å². The molecule has 4 rings (SSSR count). The quantitative estimate of drug-likeness (QED) is 0.358. The summed E-state index contributed by atoms with van der Waals surface area (Å²) in [5, 5.41) is 13.8. The summed E-state index contributed by atoms with van der Waals surface area (Å²) < 4.78 is 12.1. The van der Waals surface area contributed by atoms with Gasteiger partial charge in [-0.05, 0) is 65.9 Å². The first-order valence-corrected chi connectivity index (χ1v) is 11.5. The first kappa shape index (κ1) is 24.7. The number of aromatic nitrogens is 2. The molecule has 0 radical (unpaired) electrons. The number of aliphatic carboxylic acids is 1. The van der Waals surface area contributed by atoms with Gasteiger partial charge in [-0.25, -0.2) is 9.78 Å². The smallest absolute Gasteiger partial charge is 0.341 e. The van der Waals surface area contributed by atoms with E-state index in [0.29, 0.717) is 28.0 Å². The van der Waals surface area contributed by atoms with Gasteiger partial charge in [-0.15, -0.1) is 0 Å². The van der Waals surface area contributed by atoms with E-state index < -0.39 is 12.6 Å². The highest BCUT2D eigenvalue weighted by molar-refractivity contribution is 5.83. The average molecular weight is 486 g/mol. The van der Waals surface area contributed by atoms with Crippen LogP contribution in [0.3, 0.4) is 0 Å². The van der Waals surface area contributed by atoms with Crippen molar-refractivity contribution in [3.63, 3.8) is 0 Å². The lowest BCUT2D eigenvalue weighted by molar-refractivity contribution is -0.139. The summed E-state index contributed by atoms with van der Waals surface area (Å²) in [6, 6.07) is 17.9. The van der Waals surface area contributed by atoms with Gasteiger partial charge in [0.25, 0.3) is 5.56 Å². The van der Waals surface area contributed by atoms with Gasteiger partial charge in [0.15, 0.2) is 12.4 Å². The number of rotatable bonds is 8. The van der Waals surface area contributed by atoms with Crippen LogP contribution in [0.15, 0.2) is 70.6 Å². The van der Waals surface area contributed by atoms with Crippen molar-refractivity contribution in [3.05, 3.63) is 87.7 Å². The summed E-state index contributed by atoms with van der Waals surface area (Å²) in [4.78, 5) is 29.2. The zero-order valence-corrected chi connectivity index (χ0v) is 20.6. The normalized spacial score (nSPS) is 11.4. The van der Waals surface area contributed by atoms with Crippen LogP contribution in [0.1, 0.15) is 36.5 Å². The molecule has 0 aliphatic carbocycles. The van der Waals surface area contributed by atoms with E-state index in [9.17, 15) is 9.59 Å². The SMILES string of the molecule is COc1cc(C)c(-c2nc3ccccc3c(=O)n2N=Cc2cccc(OCC(=O)O)c2)cc1C(C)C. The standard InChI is InChI=1S/C28H27N3O5/c1-17(2)22-14-23(18(3)12-25(22)35-4)27-30-24-11-6-5-10-21(24)28(34)31(27)29-15-19-8-7-9-20(13-19)36-16-26(32)33/h5-15,17H,16H2,1-4H3,(H,32,33). The van der Waals surface area contributed by atoms with Crippen LogP contribution in [0.4, 0.5) is 0 Å². The van der Waals surface area contributed by atoms with Gasteiger partial charge >= 0.3 is 5.97 Å². The first-order valence-electron chi connectivity index (χ1n) is 11.5. The number of para-hydroxylation sites is 1. The number of benzene rings is 3. The molecule has 1 N–H and O–H groups in total. The van der Waals surface area contributed by atoms with E-state index in [1.807, 2.05) is 25.1 Å². The highest BCUT2D eigenvalue weighted by Crippen LogP contribution is 2.34. The molecule has 1 aromatic heterocycles. The molecular weight excluding hydrogens is 458 g/mol. The fourth-order valence-corrected chi connectivity index (χ4v) is 3.93. The van der Waals surface area contributed by atoms with E-state index in [1.54, 1.807) is 49.6 Å². The molecule has 3 aromatic carbocycles. The van der Waals surface area contributed by atoms with Crippen molar-refractivity contribution < 1.29 is 19.4 Å². The summed E-state index contributed by atoms with van der Waals surface area (Å²) >= 11 is 0. The first-order chi connectivity index (χ1) is 17.3. The van der Waals surface area contributed by atoms with Crippen LogP contribution >= 0.6 is 0 Å². The number of carboxylic acids is 1. The Morgan fingerprint density at radius 3 is 2.64 bits per heavy atom. The van der Waals surface area contributed by atoms with Gasteiger partial charge in [0.1, 0.15) is 11.5 Å². The van der Waals surface area contributed by atoms with Crippen molar-refractivity contribution >= 4 is 23.1 Å². The minimum absolute atomic E-state index is 0.192. The molecule has 0 spiro atoms. The van der Waals surface area contributed by atoms with Gasteiger partial charge in [-0.3, -0.25) is 4.79 Å². The van der Waals surface area contributed by atoms with Crippen molar-refractivity contribution in [3.8, 4) is 22.9 Å². The van der Waals surface area contributed by atoms with Crippen LogP contribution in [0.5, 0.6) is 11.5 Å². The van der Waals surface area contributed by atoms with Gasteiger partial charge in [0.2, 0.25) is 0 Å². The molecule has 0 unspecified atom stereocenters. The molecular formula is C28H27N3O5. The van der Waals surface area contributed by atoms with Crippen LogP contribution in [0.2, 0.25) is 0 Å². The van der Waals surface area contributed by atoms with Crippen molar-refractivity contribution in [2.45, 2.75) is 26.7 Å². The maximum Gasteiger partial charge on any atom is 0.341 e. The lowest BCUT2D eigenvalue weighted by Crippen LogP contribution is -2.20. The van der Waals surface area contributed by atoms with Crippen LogP contribution < -0.4 is 15.0 Å². The second-order valence-corrected chi connectivity index (χ2v) is 8.63. The van der Waals surface area contributed by atoms with Gasteiger partial charge < -0.3 is 14.6 Å². The Morgan fingerprint density at radius 2 is 1.92 bits per heavy atom. The second kappa shape index (κ2) is 10.4. The summed E-state index contributed by atoms with van der Waals surface area (Å²) in [6.45, 7) is 5.65. The molecule has 0 aliphatic heterocycles. The molecule has 0 bridgehead atoms. The molecule has 0 saturated carbocycles. The van der Waals surface area contributed by atoms with Gasteiger partial charge in [-0.2, -0.15) is 9.78 Å². The van der Waals surface area contributed by atoms with Crippen molar-refractivity contribution in [1.82, 2.24) is 9.66 Å². The Hall–Kier alpha value is -4.46. The van der Waals surface area contributed by atoms with Crippen LogP contribution in [-0.2, 0) is 4.79 Å². The Morgan fingerprint density at radius 1 is 1.14 bits per heavy atom. The zero-order valence-electron chi connectivity index (χ0n) is 20.6. The molecule has 0 amide bonds. The lowest BCUT2D eigenvalue weighted by Gasteiger charge is -2.17. The monoisotopic (exact) mass is 485 g/mol. The Kier molecular flexibility index (Phi) is 7.15. The summed E-state index contributed by atoms with van der Waals surface area (Å²) in [5.41, 5.74) is 3.59. The fraction of sp³-hybridized carbons (Fsp3) is 0.214. The van der Waals surface area contributed by atoms with E-state index >= 15 is 0 Å². The third-order valence-corrected chi connectivity index (χ3v) is 5.74. The molecule has 4 aromatic rings. The number of nitrogens with zero attached hydrogens (tertiary/aromatic N) is 3. The summed E-state index contributed by atoms with van der Waals surface area (Å²) in [6.07, 6.45) is 1.52. The maximum absolute atomic E-state index is 13.5. The van der Waals surface area contributed by atoms with Crippen molar-refractivity contribution in [2.24, 2.45) is 5.10 Å². The zero-order chi connectivity index (χ0) is 25.8. The number of carboxylic acid groups (broad SMARTS) is 1. The largest absolute Gasteiger partial charge is 0.496 e. The van der Waals surface area contributed by atoms with E-state index in [4.69, 9.17) is 19.6 Å². The molecule has 1 heterocycles. The molecule has 0 aliphatic rings. The highest BCUT2D eigenvalue weighted by atomic mass is 16.5. The number of ether oxygens (including phenoxy) is 2. The third-order valence-electron chi connectivity index (χ3n) is 5.74. The predicted molar refractivity (Wildman–Crippen MR) is 139 cm³/mol. The Labute approximate surface area is 208 Å². The maximum atomic E-state index is 13.5. The average Bonchev–Trinajstić information content (AvgIpc) is 2.86. The molecule has 0 fully saturated rings. The topological polar surface area (TPSA) is 103 Å². The molecule has 36 heavy (non-hydrogen) atoms. The van der Waals surface area contributed by atoms with Crippen molar-refractivity contribution in [1.29, 1.82) is 0 Å². The van der Waals surface area contributed by atoms with Crippen molar-refractivity contribution in [2.75, 3.05) is 13.7 Å². The lowest BCUT2D eigenvalue weighted by atomic mass is 9.96. The minimum atomic E-state index is -1.07. The van der Waals surface area contributed by atoms with E-state index in [-0.39, 0.29) is 11.5 Å². The van der Waals surface area contributed by atoms with Gasteiger partial charge in [0, 0.05) is 5.56 Å². The number of aryl methyl sites for hydroxylation is 1. The van der Waals surface area contributed by atoms with Gasteiger partial charge in [0.05, 0.1) is 24.2 Å². The Balaban J connectivity index is 1.88. The summed E-state index contributed by atoms with van der Waals surface area (Å²) in [5.74, 6) is 0.705. The van der Waals surface area contributed by atoms with Crippen LogP contribution in [0.25, 0.3) is 22.3 Å².